The molecule has 0 unspecified atom stereocenters. The largest absolute Gasteiger partial charge is 0.369 e. The molecule has 0 rings (SSSR count). The van der Waals surface area contributed by atoms with E-state index in [1.165, 1.54) is 4.90 Å². The number of rotatable bonds is 7. The zero-order valence-corrected chi connectivity index (χ0v) is 10.7. The average Bonchev–Trinajstić information content (AvgIpc) is 2.24. The van der Waals surface area contributed by atoms with Crippen molar-refractivity contribution < 1.29 is 9.53 Å². The van der Waals surface area contributed by atoms with Gasteiger partial charge in [-0.3, -0.25) is 4.79 Å². The summed E-state index contributed by atoms with van der Waals surface area (Å²) < 4.78 is 5.44. The summed E-state index contributed by atoms with van der Waals surface area (Å²) in [6, 6.07) is 1.98. The van der Waals surface area contributed by atoms with Crippen LogP contribution in [0.4, 0.5) is 0 Å². The van der Waals surface area contributed by atoms with Gasteiger partial charge in [0.1, 0.15) is 12.6 Å². The van der Waals surface area contributed by atoms with Crippen molar-refractivity contribution in [1.29, 1.82) is 5.26 Å². The molecule has 0 saturated heterocycles. The zero-order valence-electron chi connectivity index (χ0n) is 10.7. The van der Waals surface area contributed by atoms with Crippen LogP contribution in [0.5, 0.6) is 0 Å². The number of hydrogen-bond donors (Lipinski definition) is 0. The Morgan fingerprint density at radius 1 is 1.44 bits per heavy atom. The predicted molar refractivity (Wildman–Crippen MR) is 62.7 cm³/mol. The van der Waals surface area contributed by atoms with E-state index >= 15 is 0 Å². The van der Waals surface area contributed by atoms with Gasteiger partial charge in [0.05, 0.1) is 6.07 Å². The minimum atomic E-state index is -0.452. The molecule has 0 aliphatic heterocycles. The van der Waals surface area contributed by atoms with Crippen molar-refractivity contribution >= 4 is 5.91 Å². The van der Waals surface area contributed by atoms with E-state index in [-0.39, 0.29) is 12.5 Å². The second-order valence-corrected chi connectivity index (χ2v) is 4.21. The third-order valence-corrected chi connectivity index (χ3v) is 2.37. The van der Waals surface area contributed by atoms with E-state index in [9.17, 15) is 4.79 Å². The highest BCUT2D eigenvalue weighted by atomic mass is 16.5. The molecule has 0 spiro atoms. The van der Waals surface area contributed by atoms with Crippen molar-refractivity contribution in [3.05, 3.63) is 0 Å². The summed E-state index contributed by atoms with van der Waals surface area (Å²) in [5.74, 6) is 0.469. The van der Waals surface area contributed by atoms with Crippen molar-refractivity contribution in [3.8, 4) is 6.07 Å². The Balaban J connectivity index is 4.01. The van der Waals surface area contributed by atoms with Gasteiger partial charge >= 0.3 is 0 Å². The van der Waals surface area contributed by atoms with Gasteiger partial charge in [-0.05, 0) is 26.2 Å². The van der Waals surface area contributed by atoms with Crippen LogP contribution in [0.1, 0.15) is 34.1 Å². The first-order valence-electron chi connectivity index (χ1n) is 5.80. The van der Waals surface area contributed by atoms with Crippen LogP contribution in [-0.2, 0) is 9.53 Å². The Hall–Kier alpha value is -1.08. The number of ether oxygens (including phenoxy) is 1. The van der Waals surface area contributed by atoms with Gasteiger partial charge in [-0.1, -0.05) is 13.8 Å². The van der Waals surface area contributed by atoms with E-state index in [1.54, 1.807) is 6.92 Å². The van der Waals surface area contributed by atoms with Crippen LogP contribution < -0.4 is 0 Å². The molecule has 0 aliphatic carbocycles. The highest BCUT2D eigenvalue weighted by Gasteiger charge is 2.19. The van der Waals surface area contributed by atoms with Crippen LogP contribution >= 0.6 is 0 Å². The maximum Gasteiger partial charge on any atom is 0.252 e. The monoisotopic (exact) mass is 226 g/mol. The number of nitriles is 1. The van der Waals surface area contributed by atoms with Crippen LogP contribution in [0.3, 0.4) is 0 Å². The Bertz CT molecular complexity index is 246. The van der Waals surface area contributed by atoms with Gasteiger partial charge < -0.3 is 9.64 Å². The molecule has 0 saturated carbocycles. The van der Waals surface area contributed by atoms with Crippen LogP contribution in [0, 0.1) is 17.2 Å². The molecule has 0 bridgehead atoms. The normalized spacial score (nSPS) is 12.2. The van der Waals surface area contributed by atoms with E-state index in [0.717, 1.165) is 6.42 Å². The van der Waals surface area contributed by atoms with Gasteiger partial charge in [-0.25, -0.2) is 0 Å². The Kier molecular flexibility index (Phi) is 7.57. The van der Waals surface area contributed by atoms with Crippen molar-refractivity contribution in [2.75, 3.05) is 19.7 Å². The first kappa shape index (κ1) is 14.9. The molecule has 0 aromatic rings. The lowest BCUT2D eigenvalue weighted by Gasteiger charge is -2.22. The summed E-state index contributed by atoms with van der Waals surface area (Å²) in [7, 11) is 0. The van der Waals surface area contributed by atoms with Gasteiger partial charge in [0.25, 0.3) is 5.91 Å². The number of nitrogens with zero attached hydrogens (tertiary/aromatic N) is 2. The van der Waals surface area contributed by atoms with Gasteiger partial charge in [-0.15, -0.1) is 0 Å². The molecular weight excluding hydrogens is 204 g/mol. The molecule has 0 aromatic carbocycles. The molecule has 16 heavy (non-hydrogen) atoms. The number of likely N-dealkylation sites (N-methyl/N-ethyl adjacent to an activating group) is 1. The molecule has 4 nitrogen and oxygen atoms in total. The van der Waals surface area contributed by atoms with E-state index in [2.05, 4.69) is 13.8 Å². The minimum Gasteiger partial charge on any atom is -0.369 e. The van der Waals surface area contributed by atoms with E-state index in [4.69, 9.17) is 10.00 Å². The SMILES string of the molecule is CCN(CC#N)C(=O)[C@H](C)OCCC(C)C. The van der Waals surface area contributed by atoms with Crippen molar-refractivity contribution in [1.82, 2.24) is 4.90 Å². The second kappa shape index (κ2) is 8.12. The smallest absolute Gasteiger partial charge is 0.252 e. The molecule has 0 aliphatic rings. The molecule has 1 amide bonds. The molecule has 0 fully saturated rings. The number of hydrogen-bond acceptors (Lipinski definition) is 3. The number of amides is 1. The first-order valence-corrected chi connectivity index (χ1v) is 5.80. The topological polar surface area (TPSA) is 53.3 Å². The summed E-state index contributed by atoms with van der Waals surface area (Å²) in [6.45, 7) is 9.10. The minimum absolute atomic E-state index is 0.104. The van der Waals surface area contributed by atoms with Crippen molar-refractivity contribution in [3.63, 3.8) is 0 Å². The lowest BCUT2D eigenvalue weighted by molar-refractivity contribution is -0.142. The maximum atomic E-state index is 11.8. The second-order valence-electron chi connectivity index (χ2n) is 4.21. The molecule has 0 heterocycles. The molecule has 92 valence electrons. The summed E-state index contributed by atoms with van der Waals surface area (Å²) in [6.07, 6.45) is 0.495. The lowest BCUT2D eigenvalue weighted by atomic mass is 10.1. The maximum absolute atomic E-state index is 11.8. The molecule has 0 N–H and O–H groups in total. The fourth-order valence-electron chi connectivity index (χ4n) is 1.24. The van der Waals surface area contributed by atoms with Gasteiger partial charge in [0.2, 0.25) is 0 Å². The van der Waals surface area contributed by atoms with Crippen LogP contribution in [0.15, 0.2) is 0 Å². The summed E-state index contributed by atoms with van der Waals surface area (Å²) in [4.78, 5) is 13.3. The summed E-state index contributed by atoms with van der Waals surface area (Å²) in [5, 5.41) is 8.56. The standard InChI is InChI=1S/C12H22N2O2/c1-5-14(8-7-13)12(15)11(4)16-9-6-10(2)3/h10-11H,5-6,8-9H2,1-4H3/t11-/m0/s1. The molecule has 1 atom stereocenters. The number of carbonyl (C=O) groups is 1. The Morgan fingerprint density at radius 3 is 2.50 bits per heavy atom. The summed E-state index contributed by atoms with van der Waals surface area (Å²) in [5.41, 5.74) is 0. The summed E-state index contributed by atoms with van der Waals surface area (Å²) >= 11 is 0. The van der Waals surface area contributed by atoms with Gasteiger partial charge in [0.15, 0.2) is 0 Å². The predicted octanol–water partition coefficient (Wildman–Crippen LogP) is 1.81. The van der Waals surface area contributed by atoms with Crippen LogP contribution in [0.25, 0.3) is 0 Å². The molecule has 0 aromatic heterocycles. The van der Waals surface area contributed by atoms with Crippen LogP contribution in [-0.4, -0.2) is 36.6 Å². The Morgan fingerprint density at radius 2 is 2.06 bits per heavy atom. The van der Waals surface area contributed by atoms with Gasteiger partial charge in [-0.2, -0.15) is 5.26 Å². The quantitative estimate of drug-likeness (QED) is 0.622. The fourth-order valence-corrected chi connectivity index (χ4v) is 1.24. The lowest BCUT2D eigenvalue weighted by Crippen LogP contribution is -2.39. The Labute approximate surface area is 98.2 Å². The third kappa shape index (κ3) is 5.72. The number of carbonyl (C=O) groups excluding carboxylic acids is 1. The third-order valence-electron chi connectivity index (χ3n) is 2.37. The van der Waals surface area contributed by atoms with E-state index in [0.29, 0.717) is 19.1 Å². The van der Waals surface area contributed by atoms with Crippen molar-refractivity contribution in [2.24, 2.45) is 5.92 Å². The highest BCUT2D eigenvalue weighted by molar-refractivity contribution is 5.80. The first-order chi connectivity index (χ1) is 7.52. The van der Waals surface area contributed by atoms with Crippen molar-refractivity contribution in [2.45, 2.75) is 40.2 Å². The van der Waals surface area contributed by atoms with Gasteiger partial charge in [0, 0.05) is 13.2 Å². The average molecular weight is 226 g/mol. The highest BCUT2D eigenvalue weighted by Crippen LogP contribution is 2.04. The zero-order chi connectivity index (χ0) is 12.6. The van der Waals surface area contributed by atoms with E-state index in [1.807, 2.05) is 13.0 Å². The molecular formula is C12H22N2O2. The fraction of sp³-hybridized carbons (Fsp3) is 0.833. The van der Waals surface area contributed by atoms with E-state index < -0.39 is 6.10 Å². The molecule has 0 radical (unpaired) electrons. The molecule has 4 heteroatoms. The van der Waals surface area contributed by atoms with Crippen LogP contribution in [0.2, 0.25) is 0 Å².